The predicted octanol–water partition coefficient (Wildman–Crippen LogP) is 12.5. The van der Waals surface area contributed by atoms with Gasteiger partial charge in [-0.2, -0.15) is 8.42 Å². The van der Waals surface area contributed by atoms with Crippen molar-refractivity contribution in [3.63, 3.8) is 0 Å². The summed E-state index contributed by atoms with van der Waals surface area (Å²) in [6.07, 6.45) is 46.6. The van der Waals surface area contributed by atoms with E-state index in [4.69, 9.17) is 0 Å². The highest BCUT2D eigenvalue weighted by atomic mass is 32.2. The number of allylic oxidation sites excluding steroid dienone is 3. The highest BCUT2D eigenvalue weighted by Gasteiger charge is 2.27. The molecule has 0 aromatic carbocycles. The second kappa shape index (κ2) is 39.0. The maximum atomic E-state index is 12.6. The zero-order valence-corrected chi connectivity index (χ0v) is 35.6. The molecule has 314 valence electrons. The Bertz CT molecular complexity index is 953. The van der Waals surface area contributed by atoms with E-state index in [1.165, 1.54) is 167 Å². The van der Waals surface area contributed by atoms with Crippen LogP contribution in [0, 0.1) is 0 Å². The molecular weight excluding hydrogens is 683 g/mol. The first kappa shape index (κ1) is 51.8. The van der Waals surface area contributed by atoms with Gasteiger partial charge in [0.1, 0.15) is 6.10 Å². The molecule has 0 aromatic rings. The minimum atomic E-state index is -4.44. The molecular formula is C45H87NO6S. The molecule has 7 nitrogen and oxygen atoms in total. The first-order valence-electron chi connectivity index (χ1n) is 22.6. The second-order valence-corrected chi connectivity index (χ2v) is 17.3. The maximum absolute atomic E-state index is 12.6. The number of rotatable bonds is 41. The lowest BCUT2D eigenvalue weighted by Gasteiger charge is -2.22. The molecule has 0 bridgehead atoms. The summed E-state index contributed by atoms with van der Waals surface area (Å²) in [4.78, 5) is 12.6. The largest absolute Gasteiger partial charge is 0.387 e. The van der Waals surface area contributed by atoms with Crippen molar-refractivity contribution in [1.82, 2.24) is 5.32 Å². The van der Waals surface area contributed by atoms with Gasteiger partial charge in [0.25, 0.3) is 10.1 Å². The number of hydrogen-bond donors (Lipinski definition) is 4. The standard InChI is InChI=1S/C45H87NO6S/c1-3-5-7-9-11-13-15-17-19-21-22-23-24-26-28-30-32-34-36-38-40-44(48)45(49)46-42(41-53(50,51)52)43(47)39-37-35-33-31-29-27-25-20-18-16-14-12-10-8-6-4-2/h23-24,37,39,42-44,47-48H,3-22,25-36,38,40-41H2,1-2H3,(H,46,49)(H,50,51,52)/b24-23-,39-37+. The van der Waals surface area contributed by atoms with E-state index in [0.29, 0.717) is 6.42 Å². The third kappa shape index (κ3) is 38.8. The van der Waals surface area contributed by atoms with Gasteiger partial charge in [-0.05, 0) is 44.9 Å². The highest BCUT2D eigenvalue weighted by Crippen LogP contribution is 2.15. The average molecular weight is 770 g/mol. The third-order valence-electron chi connectivity index (χ3n) is 10.5. The van der Waals surface area contributed by atoms with Crippen molar-refractivity contribution in [2.75, 3.05) is 5.75 Å². The van der Waals surface area contributed by atoms with Crippen LogP contribution in [0.2, 0.25) is 0 Å². The summed E-state index contributed by atoms with van der Waals surface area (Å²) in [7, 11) is -4.44. The summed E-state index contributed by atoms with van der Waals surface area (Å²) in [5.74, 6) is -1.53. The Morgan fingerprint density at radius 2 is 0.830 bits per heavy atom. The van der Waals surface area contributed by atoms with Crippen molar-refractivity contribution < 1.29 is 28.0 Å². The molecule has 53 heavy (non-hydrogen) atoms. The molecule has 0 radical (unpaired) electrons. The molecule has 0 spiro atoms. The van der Waals surface area contributed by atoms with Gasteiger partial charge in [0.2, 0.25) is 5.91 Å². The van der Waals surface area contributed by atoms with E-state index >= 15 is 0 Å². The fourth-order valence-electron chi connectivity index (χ4n) is 6.98. The molecule has 3 atom stereocenters. The van der Waals surface area contributed by atoms with E-state index < -0.39 is 40.0 Å². The molecule has 0 aliphatic heterocycles. The zero-order chi connectivity index (χ0) is 39.1. The van der Waals surface area contributed by atoms with E-state index in [1.54, 1.807) is 6.08 Å². The Morgan fingerprint density at radius 3 is 1.19 bits per heavy atom. The Kier molecular flexibility index (Phi) is 38.1. The number of carbonyl (C=O) groups excluding carboxylic acids is 1. The van der Waals surface area contributed by atoms with Crippen LogP contribution in [0.3, 0.4) is 0 Å². The highest BCUT2D eigenvalue weighted by molar-refractivity contribution is 7.85. The number of unbranched alkanes of at least 4 members (excludes halogenated alkanes) is 30. The van der Waals surface area contributed by atoms with Crippen LogP contribution in [0.5, 0.6) is 0 Å². The minimum Gasteiger partial charge on any atom is -0.387 e. The third-order valence-corrected chi connectivity index (χ3v) is 11.3. The van der Waals surface area contributed by atoms with Crippen LogP contribution in [0.1, 0.15) is 232 Å². The maximum Gasteiger partial charge on any atom is 0.267 e. The first-order valence-corrected chi connectivity index (χ1v) is 24.3. The summed E-state index contributed by atoms with van der Waals surface area (Å²) in [6.45, 7) is 4.52. The SMILES string of the molecule is CCCCCCCCCCCC/C=C\CCCCCCCCC(O)C(=O)NC(CS(=O)(=O)O)C(O)/C=C/CCCCCCCCCCCCCCCC. The molecule has 0 saturated carbocycles. The van der Waals surface area contributed by atoms with Crippen molar-refractivity contribution in [3.05, 3.63) is 24.3 Å². The van der Waals surface area contributed by atoms with Crippen LogP contribution in [0.4, 0.5) is 0 Å². The van der Waals surface area contributed by atoms with Crippen molar-refractivity contribution in [3.8, 4) is 0 Å². The number of aliphatic hydroxyl groups is 2. The normalized spacial score (nSPS) is 14.0. The fraction of sp³-hybridized carbons (Fsp3) is 0.889. The Morgan fingerprint density at radius 1 is 0.509 bits per heavy atom. The molecule has 0 saturated heterocycles. The van der Waals surface area contributed by atoms with Gasteiger partial charge in [-0.25, -0.2) is 0 Å². The lowest BCUT2D eigenvalue weighted by Crippen LogP contribution is -2.50. The van der Waals surface area contributed by atoms with E-state index in [0.717, 1.165) is 44.9 Å². The molecule has 0 rings (SSSR count). The van der Waals surface area contributed by atoms with E-state index in [2.05, 4.69) is 31.3 Å². The molecule has 0 aliphatic rings. The van der Waals surface area contributed by atoms with Gasteiger partial charge in [-0.15, -0.1) is 0 Å². The fourth-order valence-corrected chi connectivity index (χ4v) is 7.72. The van der Waals surface area contributed by atoms with Gasteiger partial charge in [-0.3, -0.25) is 9.35 Å². The summed E-state index contributed by atoms with van der Waals surface area (Å²) >= 11 is 0. The van der Waals surface area contributed by atoms with Crippen molar-refractivity contribution >= 4 is 16.0 Å². The second-order valence-electron chi connectivity index (χ2n) is 15.8. The Balaban J connectivity index is 3.97. The Hall–Kier alpha value is -1.22. The summed E-state index contributed by atoms with van der Waals surface area (Å²) in [5.41, 5.74) is 0. The lowest BCUT2D eigenvalue weighted by molar-refractivity contribution is -0.130. The van der Waals surface area contributed by atoms with Gasteiger partial charge < -0.3 is 15.5 Å². The quantitative estimate of drug-likeness (QED) is 0.0279. The predicted molar refractivity (Wildman–Crippen MR) is 227 cm³/mol. The molecule has 1 amide bonds. The molecule has 0 fully saturated rings. The zero-order valence-electron chi connectivity index (χ0n) is 34.8. The van der Waals surface area contributed by atoms with Gasteiger partial charge >= 0.3 is 0 Å². The number of nitrogens with one attached hydrogen (secondary N) is 1. The van der Waals surface area contributed by atoms with Crippen LogP contribution in [0.25, 0.3) is 0 Å². The Labute approximate surface area is 328 Å². The monoisotopic (exact) mass is 770 g/mol. The molecule has 4 N–H and O–H groups in total. The molecule has 0 heterocycles. The number of amides is 1. The summed E-state index contributed by atoms with van der Waals surface area (Å²) in [5, 5.41) is 23.5. The van der Waals surface area contributed by atoms with Gasteiger partial charge in [0.15, 0.2) is 0 Å². The summed E-state index contributed by atoms with van der Waals surface area (Å²) < 4.78 is 32.6. The minimum absolute atomic E-state index is 0.275. The van der Waals surface area contributed by atoms with Gasteiger partial charge in [0.05, 0.1) is 17.9 Å². The van der Waals surface area contributed by atoms with Gasteiger partial charge in [0, 0.05) is 0 Å². The first-order chi connectivity index (χ1) is 25.7. The molecule has 8 heteroatoms. The van der Waals surface area contributed by atoms with Crippen LogP contribution < -0.4 is 5.32 Å². The van der Waals surface area contributed by atoms with E-state index in [-0.39, 0.29) is 6.42 Å². The van der Waals surface area contributed by atoms with Crippen LogP contribution in [0.15, 0.2) is 24.3 Å². The smallest absolute Gasteiger partial charge is 0.267 e. The van der Waals surface area contributed by atoms with Gasteiger partial charge in [-0.1, -0.05) is 212 Å². The van der Waals surface area contributed by atoms with Crippen molar-refractivity contribution in [1.29, 1.82) is 0 Å². The van der Waals surface area contributed by atoms with Crippen LogP contribution in [-0.4, -0.2) is 53.1 Å². The lowest BCUT2D eigenvalue weighted by atomic mass is 10.0. The van der Waals surface area contributed by atoms with E-state index in [1.807, 2.05) is 0 Å². The average Bonchev–Trinajstić information content (AvgIpc) is 3.12. The molecule has 3 unspecified atom stereocenters. The number of aliphatic hydroxyl groups excluding tert-OH is 2. The molecule has 0 aromatic heterocycles. The number of carbonyl (C=O) groups is 1. The van der Waals surface area contributed by atoms with Crippen molar-refractivity contribution in [2.24, 2.45) is 0 Å². The van der Waals surface area contributed by atoms with E-state index in [9.17, 15) is 28.0 Å². The molecule has 0 aliphatic carbocycles. The van der Waals surface area contributed by atoms with Crippen LogP contribution >= 0.6 is 0 Å². The number of hydrogen-bond acceptors (Lipinski definition) is 5. The van der Waals surface area contributed by atoms with Crippen LogP contribution in [-0.2, 0) is 14.9 Å². The van der Waals surface area contributed by atoms with Crippen molar-refractivity contribution in [2.45, 2.75) is 250 Å². The topological polar surface area (TPSA) is 124 Å². The summed E-state index contributed by atoms with van der Waals surface area (Å²) in [6, 6.07) is -1.23.